The zero-order chi connectivity index (χ0) is 14.8. The summed E-state index contributed by atoms with van der Waals surface area (Å²) in [6.45, 7) is 9.09. The number of amides is 2. The van der Waals surface area contributed by atoms with Crippen molar-refractivity contribution in [2.24, 2.45) is 0 Å². The summed E-state index contributed by atoms with van der Waals surface area (Å²) in [5, 5.41) is 9.49. The van der Waals surface area contributed by atoms with Gasteiger partial charge in [-0.05, 0) is 52.7 Å². The van der Waals surface area contributed by atoms with Gasteiger partial charge in [-0.3, -0.25) is 0 Å². The van der Waals surface area contributed by atoms with Crippen molar-refractivity contribution in [1.82, 2.24) is 16.0 Å². The molecule has 2 heterocycles. The van der Waals surface area contributed by atoms with E-state index in [-0.39, 0.29) is 23.2 Å². The number of furan rings is 1. The topological polar surface area (TPSA) is 66.3 Å². The van der Waals surface area contributed by atoms with E-state index >= 15 is 0 Å². The van der Waals surface area contributed by atoms with Crippen LogP contribution in [-0.4, -0.2) is 23.2 Å². The first-order valence-electron chi connectivity index (χ1n) is 7.12. The summed E-state index contributed by atoms with van der Waals surface area (Å²) < 4.78 is 5.19. The van der Waals surface area contributed by atoms with Gasteiger partial charge in [0.2, 0.25) is 0 Å². The summed E-state index contributed by atoms with van der Waals surface area (Å²) in [5.74, 6) is 0.756. The summed E-state index contributed by atoms with van der Waals surface area (Å²) in [5.41, 5.74) is 0.0570. The molecule has 0 unspecified atom stereocenters. The number of rotatable bonds is 3. The summed E-state index contributed by atoms with van der Waals surface area (Å²) in [7, 11) is 0. The van der Waals surface area contributed by atoms with Crippen molar-refractivity contribution in [1.29, 1.82) is 0 Å². The Hall–Kier alpha value is -1.49. The lowest BCUT2D eigenvalue weighted by Crippen LogP contribution is -2.62. The standard InChI is InChI=1S/C15H25N3O2/c1-14(2)8-11(9-15(3,4)18-14)17-13(19)16-10-12-6-5-7-20-12/h5-7,11,18H,8-10H2,1-4H3,(H2,16,17,19). The lowest BCUT2D eigenvalue weighted by molar-refractivity contribution is 0.147. The molecule has 1 fully saturated rings. The molecule has 1 aliphatic heterocycles. The third-order valence-corrected chi connectivity index (χ3v) is 3.53. The number of carbonyl (C=O) groups is 1. The second-order valence-electron chi connectivity index (χ2n) is 6.90. The molecule has 0 spiro atoms. The van der Waals surface area contributed by atoms with Crippen molar-refractivity contribution in [2.75, 3.05) is 0 Å². The van der Waals surface area contributed by atoms with Crippen molar-refractivity contribution in [3.8, 4) is 0 Å². The van der Waals surface area contributed by atoms with E-state index in [1.54, 1.807) is 6.26 Å². The maximum absolute atomic E-state index is 11.9. The van der Waals surface area contributed by atoms with Gasteiger partial charge in [0.25, 0.3) is 0 Å². The number of hydrogen-bond acceptors (Lipinski definition) is 3. The van der Waals surface area contributed by atoms with Crippen LogP contribution in [0.1, 0.15) is 46.3 Å². The third-order valence-electron chi connectivity index (χ3n) is 3.53. The van der Waals surface area contributed by atoms with Crippen LogP contribution in [0.2, 0.25) is 0 Å². The Morgan fingerprint density at radius 1 is 1.35 bits per heavy atom. The molecule has 0 radical (unpaired) electrons. The molecule has 1 aliphatic rings. The van der Waals surface area contributed by atoms with Crippen molar-refractivity contribution < 1.29 is 9.21 Å². The fraction of sp³-hybridized carbons (Fsp3) is 0.667. The molecule has 3 N–H and O–H groups in total. The number of carbonyl (C=O) groups excluding carboxylic acids is 1. The van der Waals surface area contributed by atoms with Gasteiger partial charge in [-0.2, -0.15) is 0 Å². The summed E-state index contributed by atoms with van der Waals surface area (Å²) in [4.78, 5) is 11.9. The van der Waals surface area contributed by atoms with Crippen LogP contribution in [0.3, 0.4) is 0 Å². The molecule has 0 aromatic carbocycles. The number of piperidine rings is 1. The smallest absolute Gasteiger partial charge is 0.315 e. The van der Waals surface area contributed by atoms with Crippen LogP contribution in [0.25, 0.3) is 0 Å². The maximum atomic E-state index is 11.9. The van der Waals surface area contributed by atoms with Gasteiger partial charge in [0, 0.05) is 17.1 Å². The number of nitrogens with one attached hydrogen (secondary N) is 3. The molecule has 5 heteroatoms. The average Bonchev–Trinajstić information content (AvgIpc) is 2.74. The van der Waals surface area contributed by atoms with E-state index in [1.807, 2.05) is 12.1 Å². The Morgan fingerprint density at radius 3 is 2.55 bits per heavy atom. The molecule has 5 nitrogen and oxygen atoms in total. The van der Waals surface area contributed by atoms with E-state index in [0.29, 0.717) is 6.54 Å². The van der Waals surface area contributed by atoms with Gasteiger partial charge >= 0.3 is 6.03 Å². The second kappa shape index (κ2) is 5.48. The summed E-state index contributed by atoms with van der Waals surface area (Å²) >= 11 is 0. The van der Waals surface area contributed by atoms with Gasteiger partial charge in [-0.1, -0.05) is 0 Å². The Morgan fingerprint density at radius 2 is 2.00 bits per heavy atom. The minimum atomic E-state index is -0.139. The SMILES string of the molecule is CC1(C)CC(NC(=O)NCc2ccco2)CC(C)(C)N1. The average molecular weight is 279 g/mol. The molecule has 0 saturated carbocycles. The molecule has 1 aromatic rings. The van der Waals surface area contributed by atoms with Crippen LogP contribution in [0.5, 0.6) is 0 Å². The fourth-order valence-corrected chi connectivity index (χ4v) is 3.24. The Labute approximate surface area is 120 Å². The largest absolute Gasteiger partial charge is 0.467 e. The Kier molecular flexibility index (Phi) is 4.09. The second-order valence-corrected chi connectivity index (χ2v) is 6.90. The van der Waals surface area contributed by atoms with E-state index in [9.17, 15) is 4.79 Å². The molecule has 0 atom stereocenters. The van der Waals surface area contributed by atoms with Gasteiger partial charge in [0.1, 0.15) is 5.76 Å². The van der Waals surface area contributed by atoms with Crippen molar-refractivity contribution >= 4 is 6.03 Å². The molecule has 0 aliphatic carbocycles. The minimum Gasteiger partial charge on any atom is -0.467 e. The highest BCUT2D eigenvalue weighted by Crippen LogP contribution is 2.28. The van der Waals surface area contributed by atoms with E-state index in [2.05, 4.69) is 43.6 Å². The zero-order valence-electron chi connectivity index (χ0n) is 12.7. The Balaban J connectivity index is 1.84. The van der Waals surface area contributed by atoms with Gasteiger partial charge in [-0.15, -0.1) is 0 Å². The summed E-state index contributed by atoms with van der Waals surface area (Å²) in [6, 6.07) is 3.70. The predicted molar refractivity (Wildman–Crippen MR) is 78.4 cm³/mol. The van der Waals surface area contributed by atoms with E-state index in [1.165, 1.54) is 0 Å². The molecular formula is C15H25N3O2. The highest BCUT2D eigenvalue weighted by Gasteiger charge is 2.38. The zero-order valence-corrected chi connectivity index (χ0v) is 12.7. The first kappa shape index (κ1) is 14.9. The van der Waals surface area contributed by atoms with Crippen molar-refractivity contribution in [3.63, 3.8) is 0 Å². The first-order valence-corrected chi connectivity index (χ1v) is 7.12. The third kappa shape index (κ3) is 4.27. The van der Waals surface area contributed by atoms with Gasteiger partial charge in [0.05, 0.1) is 12.8 Å². The van der Waals surface area contributed by atoms with Gasteiger partial charge in [0.15, 0.2) is 0 Å². The summed E-state index contributed by atoms with van der Waals surface area (Å²) in [6.07, 6.45) is 3.45. The lowest BCUT2D eigenvalue weighted by Gasteiger charge is -2.46. The van der Waals surface area contributed by atoms with E-state index in [4.69, 9.17) is 4.42 Å². The van der Waals surface area contributed by atoms with Gasteiger partial charge in [-0.25, -0.2) is 4.79 Å². The molecule has 0 bridgehead atoms. The first-order chi connectivity index (χ1) is 9.26. The van der Waals surface area contributed by atoms with Crippen LogP contribution in [0.4, 0.5) is 4.79 Å². The van der Waals surface area contributed by atoms with Crippen LogP contribution < -0.4 is 16.0 Å². The highest BCUT2D eigenvalue weighted by atomic mass is 16.3. The van der Waals surface area contributed by atoms with Crippen LogP contribution in [0.15, 0.2) is 22.8 Å². The monoisotopic (exact) mass is 279 g/mol. The maximum Gasteiger partial charge on any atom is 0.315 e. The predicted octanol–water partition coefficient (Wildman–Crippen LogP) is 2.39. The normalized spacial score (nSPS) is 21.4. The quantitative estimate of drug-likeness (QED) is 0.796. The van der Waals surface area contributed by atoms with Crippen molar-refractivity contribution in [2.45, 2.75) is 64.2 Å². The number of hydrogen-bond donors (Lipinski definition) is 3. The van der Waals surface area contributed by atoms with Crippen LogP contribution >= 0.6 is 0 Å². The van der Waals surface area contributed by atoms with Gasteiger partial charge < -0.3 is 20.4 Å². The van der Waals surface area contributed by atoms with Crippen LogP contribution in [0, 0.1) is 0 Å². The molecule has 1 aromatic heterocycles. The molecule has 112 valence electrons. The fourth-order valence-electron chi connectivity index (χ4n) is 3.24. The van der Waals surface area contributed by atoms with Crippen LogP contribution in [-0.2, 0) is 6.54 Å². The molecule has 1 saturated heterocycles. The molecular weight excluding hydrogens is 254 g/mol. The molecule has 2 rings (SSSR count). The molecule has 2 amide bonds. The van der Waals surface area contributed by atoms with Crippen molar-refractivity contribution in [3.05, 3.63) is 24.2 Å². The minimum absolute atomic E-state index is 0.0285. The van der Waals surface area contributed by atoms with E-state index in [0.717, 1.165) is 18.6 Å². The lowest BCUT2D eigenvalue weighted by atomic mass is 9.80. The molecule has 20 heavy (non-hydrogen) atoms. The number of urea groups is 1. The Bertz CT molecular complexity index is 436. The van der Waals surface area contributed by atoms with E-state index < -0.39 is 0 Å². The highest BCUT2D eigenvalue weighted by molar-refractivity contribution is 5.74.